The number of allylic oxidation sites excluding steroid dienone is 18. The highest BCUT2D eigenvalue weighted by molar-refractivity contribution is 5.77. The van der Waals surface area contributed by atoms with Gasteiger partial charge >= 0.3 is 5.97 Å². The van der Waals surface area contributed by atoms with Crippen LogP contribution in [0.15, 0.2) is 109 Å². The lowest BCUT2D eigenvalue weighted by atomic mass is 10.0. The number of amides is 1. The molecule has 3 atom stereocenters. The number of aliphatic hydroxyl groups excluding tert-OH is 2. The minimum Gasteiger partial charge on any atom is -0.462 e. The van der Waals surface area contributed by atoms with E-state index >= 15 is 0 Å². The molecule has 6 heteroatoms. The van der Waals surface area contributed by atoms with Gasteiger partial charge in [0.25, 0.3) is 0 Å². The lowest BCUT2D eigenvalue weighted by molar-refractivity contribution is -0.151. The maximum absolute atomic E-state index is 13.3. The average Bonchev–Trinajstić information content (AvgIpc) is 3.37. The third-order valence-corrected chi connectivity index (χ3v) is 13.1. The van der Waals surface area contributed by atoms with Gasteiger partial charge in [0, 0.05) is 6.42 Å². The Balaban J connectivity index is 4.71. The molecule has 0 spiro atoms. The highest BCUT2D eigenvalue weighted by atomic mass is 16.5. The van der Waals surface area contributed by atoms with Crippen molar-refractivity contribution in [2.45, 2.75) is 289 Å². The molecule has 0 rings (SSSR count). The van der Waals surface area contributed by atoms with Crippen molar-refractivity contribution in [3.05, 3.63) is 109 Å². The number of unbranched alkanes of at least 4 members (excludes halogenated alkanes) is 23. The van der Waals surface area contributed by atoms with Crippen LogP contribution < -0.4 is 5.32 Å². The first-order valence-electron chi connectivity index (χ1n) is 30.1. The van der Waals surface area contributed by atoms with E-state index in [0.717, 1.165) is 109 Å². The zero-order valence-corrected chi connectivity index (χ0v) is 47.0. The first kappa shape index (κ1) is 68.5. The molecule has 0 radical (unpaired) electrons. The topological polar surface area (TPSA) is 95.9 Å². The molecule has 0 aromatic heterocycles. The van der Waals surface area contributed by atoms with Crippen LogP contribution in [0.25, 0.3) is 0 Å². The van der Waals surface area contributed by atoms with Gasteiger partial charge in [-0.3, -0.25) is 9.59 Å². The van der Waals surface area contributed by atoms with Gasteiger partial charge in [-0.2, -0.15) is 0 Å². The normalized spacial score (nSPS) is 13.9. The molecule has 0 aliphatic heterocycles. The Hall–Kier alpha value is -3.48. The summed E-state index contributed by atoms with van der Waals surface area (Å²) in [5, 5.41) is 23.9. The second-order valence-electron chi connectivity index (χ2n) is 20.0. The summed E-state index contributed by atoms with van der Waals surface area (Å²) in [4.78, 5) is 26.3. The number of hydrogen-bond donors (Lipinski definition) is 3. The van der Waals surface area contributed by atoms with Gasteiger partial charge in [-0.05, 0) is 109 Å². The van der Waals surface area contributed by atoms with Crippen LogP contribution in [0.1, 0.15) is 271 Å². The van der Waals surface area contributed by atoms with E-state index in [4.69, 9.17) is 4.74 Å². The van der Waals surface area contributed by atoms with E-state index < -0.39 is 18.2 Å². The number of esters is 1. The molecule has 0 aromatic carbocycles. The Morgan fingerprint density at radius 1 is 0.417 bits per heavy atom. The van der Waals surface area contributed by atoms with Gasteiger partial charge in [0.2, 0.25) is 5.91 Å². The molecule has 3 unspecified atom stereocenters. The van der Waals surface area contributed by atoms with E-state index in [2.05, 4.69) is 135 Å². The van der Waals surface area contributed by atoms with Crippen LogP contribution in [-0.2, 0) is 14.3 Å². The van der Waals surface area contributed by atoms with Crippen LogP contribution in [0, 0.1) is 0 Å². The van der Waals surface area contributed by atoms with Crippen LogP contribution in [0.5, 0.6) is 0 Å². The Morgan fingerprint density at radius 3 is 1.18 bits per heavy atom. The van der Waals surface area contributed by atoms with E-state index in [0.29, 0.717) is 19.3 Å². The Bertz CT molecular complexity index is 1450. The molecule has 0 saturated carbocycles. The van der Waals surface area contributed by atoms with E-state index in [1.807, 2.05) is 0 Å². The summed E-state index contributed by atoms with van der Waals surface area (Å²) in [6.07, 6.45) is 80.1. The van der Waals surface area contributed by atoms with Crippen LogP contribution in [0.2, 0.25) is 0 Å². The molecule has 0 heterocycles. The first-order valence-corrected chi connectivity index (χ1v) is 30.1. The van der Waals surface area contributed by atoms with Crippen molar-refractivity contribution in [2.75, 3.05) is 6.61 Å². The second kappa shape index (κ2) is 58.4. The molecule has 6 nitrogen and oxygen atoms in total. The molecule has 3 N–H and O–H groups in total. The summed E-state index contributed by atoms with van der Waals surface area (Å²) in [6.45, 7) is 6.34. The lowest BCUT2D eigenvalue weighted by Crippen LogP contribution is -2.46. The molecule has 0 fully saturated rings. The van der Waals surface area contributed by atoms with E-state index in [9.17, 15) is 19.8 Å². The molecule has 0 aliphatic carbocycles. The van der Waals surface area contributed by atoms with Crippen molar-refractivity contribution >= 4 is 11.9 Å². The van der Waals surface area contributed by atoms with Gasteiger partial charge in [0.05, 0.1) is 25.2 Å². The molecular formula is C66H113NO5. The Labute approximate surface area is 445 Å². The third-order valence-electron chi connectivity index (χ3n) is 13.1. The van der Waals surface area contributed by atoms with Crippen molar-refractivity contribution in [3.63, 3.8) is 0 Å². The zero-order valence-electron chi connectivity index (χ0n) is 47.0. The van der Waals surface area contributed by atoms with Crippen LogP contribution in [0.3, 0.4) is 0 Å². The van der Waals surface area contributed by atoms with Gasteiger partial charge in [0.15, 0.2) is 0 Å². The summed E-state index contributed by atoms with van der Waals surface area (Å²) in [5.41, 5.74) is 0. The van der Waals surface area contributed by atoms with E-state index in [1.54, 1.807) is 0 Å². The average molecular weight is 1000 g/mol. The van der Waals surface area contributed by atoms with Gasteiger partial charge in [0.1, 0.15) is 6.10 Å². The standard InChI is InChI=1S/C66H113NO5/c1-4-7-10-13-16-19-22-25-28-31-32-35-38-41-44-47-50-53-56-59-66(71)72-62(57-54-51-48-45-42-39-36-33-29-26-23-20-17-14-11-8-5-2)60-65(70)67-63(61-68)64(69)58-55-52-49-46-43-40-37-34-30-27-24-21-18-15-12-9-6-3/h7,10,16-17,19-20,25-26,28-29,32,35-36,39,41,44-45,48,62-64,68-69H,4-6,8-9,11-15,18,21-24,27,30-31,33-34,37-38,40,42-43,46-47,49-61H2,1-3H3,(H,67,70)/b10-7-,19-16-,20-17-,28-25-,29-26-,35-32-,39-36-,44-41-,48-45-. The molecule has 0 bridgehead atoms. The molecule has 72 heavy (non-hydrogen) atoms. The maximum Gasteiger partial charge on any atom is 0.306 e. The fraction of sp³-hybridized carbons (Fsp3) is 0.697. The highest BCUT2D eigenvalue weighted by Crippen LogP contribution is 2.17. The van der Waals surface area contributed by atoms with Crippen molar-refractivity contribution in [1.29, 1.82) is 0 Å². The number of rotatable bonds is 53. The van der Waals surface area contributed by atoms with Gasteiger partial charge in [-0.25, -0.2) is 0 Å². The largest absolute Gasteiger partial charge is 0.462 e. The predicted octanol–water partition coefficient (Wildman–Crippen LogP) is 19.0. The molecule has 1 amide bonds. The maximum atomic E-state index is 13.3. The summed E-state index contributed by atoms with van der Waals surface area (Å²) >= 11 is 0. The summed E-state index contributed by atoms with van der Waals surface area (Å²) < 4.78 is 5.93. The van der Waals surface area contributed by atoms with Crippen molar-refractivity contribution in [3.8, 4) is 0 Å². The summed E-state index contributed by atoms with van der Waals surface area (Å²) in [5.74, 6) is -0.568. The van der Waals surface area contributed by atoms with E-state index in [-0.39, 0.29) is 24.9 Å². The SMILES string of the molecule is CC/C=C\C/C=C\C/C=C\C/C=C\C/C=C\CCCCCC(=O)OC(CCC/C=C\C/C=C\C/C=C\C/C=C\CCCCC)CC(=O)NC(CO)C(O)CCCCCCCCCCCCCCCCCCC. The number of carbonyl (C=O) groups excluding carboxylic acids is 2. The lowest BCUT2D eigenvalue weighted by Gasteiger charge is -2.24. The Kier molecular flexibility index (Phi) is 55.6. The number of ether oxygens (including phenoxy) is 1. The monoisotopic (exact) mass is 1000 g/mol. The minimum absolute atomic E-state index is 0.0206. The molecular weight excluding hydrogens is 887 g/mol. The number of aliphatic hydroxyl groups is 2. The van der Waals surface area contributed by atoms with Gasteiger partial charge < -0.3 is 20.3 Å². The van der Waals surface area contributed by atoms with Crippen LogP contribution in [0.4, 0.5) is 0 Å². The fourth-order valence-electron chi connectivity index (χ4n) is 8.56. The molecule has 0 aromatic rings. The van der Waals surface area contributed by atoms with Gasteiger partial charge in [-0.1, -0.05) is 259 Å². The zero-order chi connectivity index (χ0) is 52.3. The highest BCUT2D eigenvalue weighted by Gasteiger charge is 2.24. The smallest absolute Gasteiger partial charge is 0.306 e. The van der Waals surface area contributed by atoms with Crippen molar-refractivity contribution in [2.24, 2.45) is 0 Å². The number of nitrogens with one attached hydrogen (secondary N) is 1. The van der Waals surface area contributed by atoms with Crippen molar-refractivity contribution < 1.29 is 24.5 Å². The van der Waals surface area contributed by atoms with Crippen LogP contribution in [-0.4, -0.2) is 46.9 Å². The summed E-state index contributed by atoms with van der Waals surface area (Å²) in [6, 6.07) is -0.735. The summed E-state index contributed by atoms with van der Waals surface area (Å²) in [7, 11) is 0. The van der Waals surface area contributed by atoms with E-state index in [1.165, 1.54) is 116 Å². The van der Waals surface area contributed by atoms with Crippen molar-refractivity contribution in [1.82, 2.24) is 5.32 Å². The van der Waals surface area contributed by atoms with Crippen LogP contribution >= 0.6 is 0 Å². The molecule has 0 aliphatic rings. The Morgan fingerprint density at radius 2 is 0.764 bits per heavy atom. The number of carbonyl (C=O) groups is 2. The quantitative estimate of drug-likeness (QED) is 0.0321. The third kappa shape index (κ3) is 52.8. The first-order chi connectivity index (χ1) is 35.5. The second-order valence-corrected chi connectivity index (χ2v) is 20.0. The molecule has 0 saturated heterocycles. The fourth-order valence-corrected chi connectivity index (χ4v) is 8.56. The minimum atomic E-state index is -0.816. The van der Waals surface area contributed by atoms with Gasteiger partial charge in [-0.15, -0.1) is 0 Å². The number of hydrogen-bond acceptors (Lipinski definition) is 5. The predicted molar refractivity (Wildman–Crippen MR) is 314 cm³/mol. The molecule has 412 valence electrons.